The molecule has 13 heteroatoms. The molecule has 5 rings (SSSR count). The maximum absolute atomic E-state index is 15.3. The van der Waals surface area contributed by atoms with Crippen molar-refractivity contribution >= 4 is 11.8 Å². The topological polar surface area (TPSA) is 129 Å². The van der Waals surface area contributed by atoms with Gasteiger partial charge in [0, 0.05) is 30.2 Å². The third-order valence-electron chi connectivity index (χ3n) is 7.59. The second kappa shape index (κ2) is 12.7. The van der Waals surface area contributed by atoms with Crippen molar-refractivity contribution in [3.05, 3.63) is 70.6 Å². The van der Waals surface area contributed by atoms with E-state index < -0.39 is 42.5 Å². The minimum Gasteiger partial charge on any atom is -0.489 e. The van der Waals surface area contributed by atoms with Gasteiger partial charge in [0.05, 0.1) is 18.7 Å². The average molecular weight is 607 g/mol. The van der Waals surface area contributed by atoms with E-state index in [4.69, 9.17) is 20.9 Å². The average Bonchev–Trinajstić information content (AvgIpc) is 3.87. The summed E-state index contributed by atoms with van der Waals surface area (Å²) < 4.78 is 72.3. The molecule has 9 nitrogen and oxygen atoms in total. The van der Waals surface area contributed by atoms with Gasteiger partial charge in [0.15, 0.2) is 17.7 Å². The summed E-state index contributed by atoms with van der Waals surface area (Å²) in [6.45, 7) is -1.46. The number of rotatable bonds is 14. The van der Waals surface area contributed by atoms with Gasteiger partial charge in [0.2, 0.25) is 5.91 Å². The molecule has 1 aliphatic heterocycles. The molecule has 0 saturated heterocycles. The first-order valence-electron chi connectivity index (χ1n) is 14.2. The van der Waals surface area contributed by atoms with Crippen molar-refractivity contribution in [3.8, 4) is 11.5 Å². The number of primary amides is 1. The summed E-state index contributed by atoms with van der Waals surface area (Å²) in [7, 11) is 0. The Morgan fingerprint density at radius 2 is 1.79 bits per heavy atom. The fourth-order valence-corrected chi connectivity index (χ4v) is 5.07. The molecule has 2 amide bonds. The van der Waals surface area contributed by atoms with Gasteiger partial charge in [-0.05, 0) is 68.7 Å². The molecular formula is C30H34F4N4O5. The van der Waals surface area contributed by atoms with Crippen molar-refractivity contribution in [1.29, 1.82) is 0 Å². The molecule has 0 radical (unpaired) electrons. The minimum absolute atomic E-state index is 0.00248. The molecule has 2 fully saturated rings. The molecule has 2 unspecified atom stereocenters. The van der Waals surface area contributed by atoms with E-state index >= 15 is 4.39 Å². The van der Waals surface area contributed by atoms with Crippen molar-refractivity contribution in [2.75, 3.05) is 13.2 Å². The van der Waals surface area contributed by atoms with Crippen molar-refractivity contribution in [2.45, 2.75) is 64.0 Å². The first-order valence-corrected chi connectivity index (χ1v) is 14.2. The molecular weight excluding hydrogens is 572 g/mol. The van der Waals surface area contributed by atoms with Gasteiger partial charge in [0.1, 0.15) is 23.1 Å². The van der Waals surface area contributed by atoms with Crippen LogP contribution in [0.5, 0.6) is 11.5 Å². The van der Waals surface area contributed by atoms with Crippen molar-refractivity contribution < 1.29 is 41.4 Å². The molecule has 3 aliphatic rings. The van der Waals surface area contributed by atoms with E-state index in [1.807, 2.05) is 0 Å². The molecule has 2 aliphatic carbocycles. The van der Waals surface area contributed by atoms with Crippen molar-refractivity contribution in [1.82, 2.24) is 10.2 Å². The molecule has 3 atom stereocenters. The van der Waals surface area contributed by atoms with Crippen LogP contribution in [0.4, 0.5) is 17.6 Å². The van der Waals surface area contributed by atoms with Crippen LogP contribution >= 0.6 is 0 Å². The number of nitrogens with zero attached hydrogens (tertiary/aromatic N) is 1. The highest BCUT2D eigenvalue weighted by Crippen LogP contribution is 2.46. The monoisotopic (exact) mass is 606 g/mol. The number of ether oxygens (including phenoxy) is 3. The maximum atomic E-state index is 15.3. The fourth-order valence-electron chi connectivity index (χ4n) is 5.07. The van der Waals surface area contributed by atoms with Crippen LogP contribution in [0.2, 0.25) is 0 Å². The Morgan fingerprint density at radius 1 is 1.07 bits per heavy atom. The first-order chi connectivity index (χ1) is 20.5. The summed E-state index contributed by atoms with van der Waals surface area (Å²) in [6, 6.07) is 5.15. The molecule has 2 aromatic carbocycles. The number of alkyl halides is 2. The molecule has 43 heavy (non-hydrogen) atoms. The molecule has 0 spiro atoms. The lowest BCUT2D eigenvalue weighted by Gasteiger charge is -2.35. The van der Waals surface area contributed by atoms with Gasteiger partial charge in [-0.1, -0.05) is 6.07 Å². The van der Waals surface area contributed by atoms with Crippen molar-refractivity contribution in [3.63, 3.8) is 0 Å². The normalized spacial score (nSPS) is 19.7. The highest BCUT2D eigenvalue weighted by Gasteiger charge is 2.44. The summed E-state index contributed by atoms with van der Waals surface area (Å²) in [4.78, 5) is 27.0. The largest absolute Gasteiger partial charge is 0.489 e. The van der Waals surface area contributed by atoms with Gasteiger partial charge in [-0.3, -0.25) is 9.59 Å². The van der Waals surface area contributed by atoms with Gasteiger partial charge in [-0.15, -0.1) is 0 Å². The Morgan fingerprint density at radius 3 is 2.40 bits per heavy atom. The third kappa shape index (κ3) is 7.32. The summed E-state index contributed by atoms with van der Waals surface area (Å²) in [5.41, 5.74) is 12.1. The number of hydrogen-bond acceptors (Lipinski definition) is 7. The predicted molar refractivity (Wildman–Crippen MR) is 146 cm³/mol. The van der Waals surface area contributed by atoms with Crippen LogP contribution in [0.15, 0.2) is 47.9 Å². The van der Waals surface area contributed by atoms with Gasteiger partial charge in [-0.2, -0.15) is 8.78 Å². The van der Waals surface area contributed by atoms with Gasteiger partial charge >= 0.3 is 6.61 Å². The Kier molecular flexibility index (Phi) is 9.00. The number of nitrogens with two attached hydrogens (primary N) is 2. The molecule has 0 aromatic heterocycles. The third-order valence-corrected chi connectivity index (χ3v) is 7.59. The van der Waals surface area contributed by atoms with Crippen LogP contribution in [0, 0.1) is 23.5 Å². The summed E-state index contributed by atoms with van der Waals surface area (Å²) in [5.74, 6) is -2.56. The van der Waals surface area contributed by atoms with E-state index in [9.17, 15) is 22.8 Å². The van der Waals surface area contributed by atoms with Crippen LogP contribution in [0.3, 0.4) is 0 Å². The molecule has 1 heterocycles. The maximum Gasteiger partial charge on any atom is 0.387 e. The van der Waals surface area contributed by atoms with Gasteiger partial charge in [0.25, 0.3) is 5.91 Å². The molecule has 2 saturated carbocycles. The van der Waals surface area contributed by atoms with Crippen molar-refractivity contribution in [2.24, 2.45) is 23.3 Å². The Bertz CT molecular complexity index is 1400. The number of halogens is 4. The number of carbonyl (C=O) groups excluding carboxylic acids is 2. The molecule has 232 valence electrons. The van der Waals surface area contributed by atoms with E-state index in [-0.39, 0.29) is 59.9 Å². The van der Waals surface area contributed by atoms with E-state index in [0.29, 0.717) is 17.5 Å². The van der Waals surface area contributed by atoms with E-state index in [2.05, 4.69) is 10.1 Å². The highest BCUT2D eigenvalue weighted by molar-refractivity contribution is 5.92. The van der Waals surface area contributed by atoms with E-state index in [0.717, 1.165) is 31.7 Å². The Labute approximate surface area is 246 Å². The lowest BCUT2D eigenvalue weighted by atomic mass is 10.0. The quantitative estimate of drug-likeness (QED) is 0.272. The second-order valence-electron chi connectivity index (χ2n) is 11.2. The predicted octanol–water partition coefficient (Wildman–Crippen LogP) is 4.39. The SMILES string of the molecule is C[C@H](N)C1=C(C(N)=O)N(C(CNC(=O)CC2CC2)c2ccc(F)cc2F)C(c2ccc(OC(F)F)c(OCC3CC3)c2)O1. The minimum atomic E-state index is -3.11. The van der Waals surface area contributed by atoms with Gasteiger partial charge in [-0.25, -0.2) is 8.78 Å². The lowest BCUT2D eigenvalue weighted by molar-refractivity contribution is -0.121. The first kappa shape index (κ1) is 30.5. The standard InChI is InChI=1S/C30H34F4N4O5/c1-15(35)27-26(28(36)40)38(22(13-37-25(39)10-16-2-3-16)20-8-7-19(31)12-21(20)32)29(43-27)18-6-9-23(42-30(33)34)24(11-18)41-14-17-4-5-17/h6-9,11-12,15-17,22,29-30H,2-5,10,13-14,35H2,1H3,(H2,36,40)(H,37,39)/t15-,22?,29?/m0/s1. The summed E-state index contributed by atoms with van der Waals surface area (Å²) in [5, 5.41) is 2.80. The molecule has 5 N–H and O–H groups in total. The Hall–Kier alpha value is -4.00. The number of nitrogens with one attached hydrogen (secondary N) is 1. The zero-order valence-corrected chi connectivity index (χ0v) is 23.5. The number of carbonyl (C=O) groups is 2. The summed E-state index contributed by atoms with van der Waals surface area (Å²) >= 11 is 0. The number of hydrogen-bond donors (Lipinski definition) is 3. The zero-order valence-electron chi connectivity index (χ0n) is 23.5. The fraction of sp³-hybridized carbons (Fsp3) is 0.467. The van der Waals surface area contributed by atoms with E-state index in [1.54, 1.807) is 6.92 Å². The molecule has 0 bridgehead atoms. The zero-order chi connectivity index (χ0) is 30.8. The lowest BCUT2D eigenvalue weighted by Crippen LogP contribution is -2.41. The van der Waals surface area contributed by atoms with Crippen LogP contribution in [0.1, 0.15) is 62.4 Å². The van der Waals surface area contributed by atoms with Crippen LogP contribution in [-0.4, -0.2) is 42.5 Å². The van der Waals surface area contributed by atoms with E-state index in [1.165, 1.54) is 29.2 Å². The summed E-state index contributed by atoms with van der Waals surface area (Å²) in [6.07, 6.45) is 2.87. The number of amides is 2. The molecule has 2 aromatic rings. The second-order valence-corrected chi connectivity index (χ2v) is 11.2. The smallest absolute Gasteiger partial charge is 0.387 e. The Balaban J connectivity index is 1.58. The number of benzene rings is 2. The van der Waals surface area contributed by atoms with Crippen LogP contribution in [0.25, 0.3) is 0 Å². The van der Waals surface area contributed by atoms with Gasteiger partial charge < -0.3 is 35.9 Å². The van der Waals surface area contributed by atoms with Crippen LogP contribution in [-0.2, 0) is 14.3 Å². The highest BCUT2D eigenvalue weighted by atomic mass is 19.3. The van der Waals surface area contributed by atoms with Crippen LogP contribution < -0.4 is 26.3 Å².